The fraction of sp³-hybridized carbons (Fsp3) is 0.903. The maximum atomic E-state index is 12.5. The Labute approximate surface area is 214 Å². The number of aliphatic hydroxyl groups is 2. The molecule has 2 N–H and O–H groups in total. The lowest BCUT2D eigenvalue weighted by molar-refractivity contribution is -0.161. The molecule has 3 saturated carbocycles. The zero-order valence-corrected chi connectivity index (χ0v) is 23.3. The molecule has 0 saturated heterocycles. The zero-order chi connectivity index (χ0) is 25.6. The van der Waals surface area contributed by atoms with Crippen molar-refractivity contribution >= 4 is 5.97 Å². The van der Waals surface area contributed by atoms with E-state index in [9.17, 15) is 15.0 Å². The molecule has 0 heterocycles. The van der Waals surface area contributed by atoms with Crippen molar-refractivity contribution in [3.63, 3.8) is 0 Å². The van der Waals surface area contributed by atoms with Crippen LogP contribution in [0.15, 0.2) is 11.6 Å². The van der Waals surface area contributed by atoms with E-state index in [1.807, 2.05) is 20.8 Å². The number of hydrogen-bond donors (Lipinski definition) is 2. The Balaban J connectivity index is 1.43. The summed E-state index contributed by atoms with van der Waals surface area (Å²) in [6.07, 6.45) is 14.5. The van der Waals surface area contributed by atoms with Gasteiger partial charge in [-0.05, 0) is 113 Å². The Morgan fingerprint density at radius 2 is 1.91 bits per heavy atom. The molecule has 9 unspecified atom stereocenters. The number of allylic oxidation sites excluding steroid dienone is 1. The predicted molar refractivity (Wildman–Crippen MR) is 141 cm³/mol. The van der Waals surface area contributed by atoms with Gasteiger partial charge in [0, 0.05) is 13.0 Å². The third-order valence-electron chi connectivity index (χ3n) is 11.0. The molecule has 4 nitrogen and oxygen atoms in total. The summed E-state index contributed by atoms with van der Waals surface area (Å²) in [6.45, 7) is 13.2. The van der Waals surface area contributed by atoms with Crippen molar-refractivity contribution in [3.05, 3.63) is 11.6 Å². The Morgan fingerprint density at radius 3 is 2.60 bits per heavy atom. The summed E-state index contributed by atoms with van der Waals surface area (Å²) in [5, 5.41) is 20.5. The van der Waals surface area contributed by atoms with Gasteiger partial charge in [-0.1, -0.05) is 45.3 Å². The summed E-state index contributed by atoms with van der Waals surface area (Å²) < 4.78 is 5.94. The van der Waals surface area contributed by atoms with Crippen LogP contribution in [0.5, 0.6) is 0 Å². The lowest BCUT2D eigenvalue weighted by atomic mass is 9.47. The van der Waals surface area contributed by atoms with Crippen molar-refractivity contribution in [2.75, 3.05) is 6.61 Å². The molecule has 4 aliphatic carbocycles. The molecule has 9 atom stereocenters. The molecule has 0 bridgehead atoms. The number of esters is 1. The van der Waals surface area contributed by atoms with E-state index in [1.54, 1.807) is 0 Å². The first kappa shape index (κ1) is 27.2. The SMILES string of the molecule is CC(CO)CCCCC1C(O)CC2C3CC=C4CC(OC(=O)C(C)(C)C)CCC4(C)C3CCC12C. The van der Waals surface area contributed by atoms with Crippen molar-refractivity contribution in [1.29, 1.82) is 0 Å². The molecule has 3 fully saturated rings. The lowest BCUT2D eigenvalue weighted by Crippen LogP contribution is -2.50. The van der Waals surface area contributed by atoms with E-state index in [1.165, 1.54) is 24.8 Å². The molecule has 0 aromatic carbocycles. The van der Waals surface area contributed by atoms with Gasteiger partial charge >= 0.3 is 5.97 Å². The molecule has 200 valence electrons. The lowest BCUT2D eigenvalue weighted by Gasteiger charge is -2.58. The minimum atomic E-state index is -0.447. The van der Waals surface area contributed by atoms with Crippen molar-refractivity contribution in [2.24, 2.45) is 45.8 Å². The van der Waals surface area contributed by atoms with Gasteiger partial charge in [0.25, 0.3) is 0 Å². The van der Waals surface area contributed by atoms with E-state index in [0.717, 1.165) is 51.4 Å². The Bertz CT molecular complexity index is 796. The van der Waals surface area contributed by atoms with Crippen LogP contribution < -0.4 is 0 Å². The predicted octanol–water partition coefficient (Wildman–Crippen LogP) is 6.68. The van der Waals surface area contributed by atoms with Crippen molar-refractivity contribution < 1.29 is 19.7 Å². The highest BCUT2D eigenvalue weighted by Gasteiger charge is 2.60. The van der Waals surface area contributed by atoms with E-state index >= 15 is 0 Å². The molecule has 4 aliphatic rings. The van der Waals surface area contributed by atoms with Crippen LogP contribution in [0.1, 0.15) is 112 Å². The summed E-state index contributed by atoms with van der Waals surface area (Å²) in [6, 6.07) is 0. The summed E-state index contributed by atoms with van der Waals surface area (Å²) >= 11 is 0. The van der Waals surface area contributed by atoms with Gasteiger partial charge in [0.1, 0.15) is 6.10 Å². The number of fused-ring (bicyclic) bond motifs is 5. The summed E-state index contributed by atoms with van der Waals surface area (Å²) in [7, 11) is 0. The maximum Gasteiger partial charge on any atom is 0.311 e. The fourth-order valence-electron chi connectivity index (χ4n) is 8.64. The molecule has 0 aromatic heterocycles. The average molecular weight is 489 g/mol. The van der Waals surface area contributed by atoms with Crippen molar-refractivity contribution in [1.82, 2.24) is 0 Å². The van der Waals surface area contributed by atoms with Gasteiger partial charge in [-0.25, -0.2) is 0 Å². The molecular weight excluding hydrogens is 436 g/mol. The number of carbonyl (C=O) groups excluding carboxylic acids is 1. The van der Waals surface area contributed by atoms with E-state index in [4.69, 9.17) is 4.74 Å². The normalized spacial score (nSPS) is 41.9. The molecule has 0 spiro atoms. The minimum absolute atomic E-state index is 0.0256. The summed E-state index contributed by atoms with van der Waals surface area (Å²) in [5.74, 6) is 2.71. The molecule has 0 amide bonds. The highest BCUT2D eigenvalue weighted by molar-refractivity contribution is 5.75. The Morgan fingerprint density at radius 1 is 1.17 bits per heavy atom. The van der Waals surface area contributed by atoms with Gasteiger partial charge in [-0.2, -0.15) is 0 Å². The zero-order valence-electron chi connectivity index (χ0n) is 23.3. The second-order valence-corrected chi connectivity index (χ2v) is 14.3. The molecule has 0 radical (unpaired) electrons. The molecule has 0 aliphatic heterocycles. The highest BCUT2D eigenvalue weighted by atomic mass is 16.5. The van der Waals surface area contributed by atoms with Gasteiger partial charge in [-0.3, -0.25) is 4.79 Å². The van der Waals surface area contributed by atoms with E-state index in [-0.39, 0.29) is 35.6 Å². The molecule has 35 heavy (non-hydrogen) atoms. The first-order chi connectivity index (χ1) is 16.4. The van der Waals surface area contributed by atoms with Crippen LogP contribution in [-0.2, 0) is 9.53 Å². The van der Waals surface area contributed by atoms with Crippen LogP contribution >= 0.6 is 0 Å². The van der Waals surface area contributed by atoms with Crippen LogP contribution in [0.25, 0.3) is 0 Å². The van der Waals surface area contributed by atoms with Crippen molar-refractivity contribution in [2.45, 2.75) is 124 Å². The van der Waals surface area contributed by atoms with Crippen LogP contribution in [0, 0.1) is 45.8 Å². The number of unbranched alkanes of at least 4 members (excludes halogenated alkanes) is 1. The van der Waals surface area contributed by atoms with E-state index < -0.39 is 5.41 Å². The van der Waals surface area contributed by atoms with Gasteiger partial charge in [0.15, 0.2) is 0 Å². The third-order valence-corrected chi connectivity index (χ3v) is 11.0. The number of carbonyl (C=O) groups is 1. The molecule has 4 rings (SSSR count). The number of hydrogen-bond acceptors (Lipinski definition) is 4. The Hall–Kier alpha value is -0.870. The largest absolute Gasteiger partial charge is 0.462 e. The van der Waals surface area contributed by atoms with Gasteiger partial charge in [-0.15, -0.1) is 0 Å². The highest BCUT2D eigenvalue weighted by Crippen LogP contribution is 2.66. The second-order valence-electron chi connectivity index (χ2n) is 14.3. The first-order valence-corrected chi connectivity index (χ1v) is 14.6. The van der Waals surface area contributed by atoms with E-state index in [2.05, 4.69) is 26.8 Å². The minimum Gasteiger partial charge on any atom is -0.462 e. The fourth-order valence-corrected chi connectivity index (χ4v) is 8.64. The number of aliphatic hydroxyl groups excluding tert-OH is 2. The smallest absolute Gasteiger partial charge is 0.311 e. The van der Waals surface area contributed by atoms with Crippen molar-refractivity contribution in [3.8, 4) is 0 Å². The Kier molecular flexibility index (Phi) is 7.86. The summed E-state index contributed by atoms with van der Waals surface area (Å²) in [4.78, 5) is 12.5. The topological polar surface area (TPSA) is 66.8 Å². The van der Waals surface area contributed by atoms with Crippen LogP contribution in [0.2, 0.25) is 0 Å². The van der Waals surface area contributed by atoms with Gasteiger partial charge < -0.3 is 14.9 Å². The number of rotatable bonds is 7. The van der Waals surface area contributed by atoms with Crippen LogP contribution in [0.3, 0.4) is 0 Å². The molecule has 0 aromatic rings. The molecule has 4 heteroatoms. The number of ether oxygens (including phenoxy) is 1. The van der Waals surface area contributed by atoms with Gasteiger partial charge in [0.2, 0.25) is 0 Å². The average Bonchev–Trinajstić information content (AvgIpc) is 3.05. The molecular formula is C31H52O4. The summed E-state index contributed by atoms with van der Waals surface area (Å²) in [5.41, 5.74) is 1.56. The van der Waals surface area contributed by atoms with Gasteiger partial charge in [0.05, 0.1) is 11.5 Å². The third kappa shape index (κ3) is 5.13. The maximum absolute atomic E-state index is 12.5. The monoisotopic (exact) mass is 488 g/mol. The quantitative estimate of drug-likeness (QED) is 0.238. The standard InChI is InChI=1S/C31H52O4/c1-20(19-32)9-7-8-10-25-27(33)18-26-23-12-11-21-17-22(35-28(34)29(2,3)4)13-15-30(21,5)24(23)14-16-31(25,26)6/h11,20,22-27,32-33H,7-10,12-19H2,1-6H3. The van der Waals surface area contributed by atoms with E-state index in [0.29, 0.717) is 29.6 Å². The first-order valence-electron chi connectivity index (χ1n) is 14.6. The van der Waals surface area contributed by atoms with Crippen LogP contribution in [0.4, 0.5) is 0 Å². The van der Waals surface area contributed by atoms with Crippen LogP contribution in [-0.4, -0.2) is 35.0 Å². The second kappa shape index (κ2) is 10.1.